The van der Waals surface area contributed by atoms with Gasteiger partial charge in [0.15, 0.2) is 0 Å². The maximum Gasteiger partial charge on any atom is 0.148 e. The Hall–Kier alpha value is -1.46. The van der Waals surface area contributed by atoms with Crippen molar-refractivity contribution in [2.75, 3.05) is 13.1 Å². The van der Waals surface area contributed by atoms with Crippen LogP contribution in [0.5, 0.6) is 0 Å². The molecular weight excluding hydrogens is 233 g/mol. The summed E-state index contributed by atoms with van der Waals surface area (Å²) in [4.78, 5) is 0. The molecule has 3 N–H and O–H groups in total. The number of aromatic amines is 1. The van der Waals surface area contributed by atoms with Crippen LogP contribution in [0.2, 0.25) is 0 Å². The average Bonchev–Trinajstić information content (AvgIpc) is 3.04. The van der Waals surface area contributed by atoms with E-state index < -0.39 is 6.10 Å². The van der Waals surface area contributed by atoms with Crippen molar-refractivity contribution in [3.8, 4) is 0 Å². The molecule has 1 fully saturated rings. The van der Waals surface area contributed by atoms with Gasteiger partial charge in [-0.05, 0) is 36.9 Å². The summed E-state index contributed by atoms with van der Waals surface area (Å²) in [6.07, 6.45) is 3.49. The lowest BCUT2D eigenvalue weighted by Crippen LogP contribution is -2.23. The van der Waals surface area contributed by atoms with Gasteiger partial charge in [-0.3, -0.25) is 5.10 Å². The molecule has 18 heavy (non-hydrogen) atoms. The Bertz CT molecular complexity index is 550. The van der Waals surface area contributed by atoms with Gasteiger partial charge < -0.3 is 10.4 Å². The number of aromatic nitrogens is 2. The summed E-state index contributed by atoms with van der Waals surface area (Å²) in [5, 5.41) is 20.5. The average molecular weight is 249 g/mol. The van der Waals surface area contributed by atoms with Gasteiger partial charge in [-0.2, -0.15) is 5.10 Å². The van der Waals surface area contributed by atoms with Crippen LogP contribution in [0, 0.1) is 11.7 Å². The Morgan fingerprint density at radius 3 is 3.11 bits per heavy atom. The van der Waals surface area contributed by atoms with Crippen LogP contribution >= 0.6 is 0 Å². The predicted octanol–water partition coefficient (Wildman–Crippen LogP) is 1.73. The molecule has 1 aliphatic rings. The van der Waals surface area contributed by atoms with Crippen molar-refractivity contribution in [3.05, 3.63) is 29.7 Å². The van der Waals surface area contributed by atoms with Crippen LogP contribution in [0.25, 0.3) is 10.9 Å². The first-order valence-corrected chi connectivity index (χ1v) is 6.26. The zero-order valence-electron chi connectivity index (χ0n) is 9.99. The van der Waals surface area contributed by atoms with Gasteiger partial charge in [0, 0.05) is 11.9 Å². The first kappa shape index (κ1) is 11.6. The SMILES string of the molecule is O[C@@H](CNCC1CC1)c1ccc(F)c2[nH]ncc12. The van der Waals surface area contributed by atoms with E-state index in [1.54, 1.807) is 12.3 Å². The molecule has 3 rings (SSSR count). The lowest BCUT2D eigenvalue weighted by molar-refractivity contribution is 0.176. The third-order valence-electron chi connectivity index (χ3n) is 3.43. The van der Waals surface area contributed by atoms with Crippen molar-refractivity contribution in [3.63, 3.8) is 0 Å². The monoisotopic (exact) mass is 249 g/mol. The number of rotatable bonds is 5. The highest BCUT2D eigenvalue weighted by Crippen LogP contribution is 2.28. The van der Waals surface area contributed by atoms with Crippen molar-refractivity contribution in [2.45, 2.75) is 18.9 Å². The first-order valence-electron chi connectivity index (χ1n) is 6.26. The van der Waals surface area contributed by atoms with Gasteiger partial charge in [-0.25, -0.2) is 4.39 Å². The third-order valence-corrected chi connectivity index (χ3v) is 3.43. The van der Waals surface area contributed by atoms with Gasteiger partial charge in [0.1, 0.15) is 11.3 Å². The zero-order chi connectivity index (χ0) is 12.5. The standard InChI is InChI=1S/C13H16FN3O/c14-11-4-3-9(10-6-16-17-13(10)11)12(18)7-15-5-8-1-2-8/h3-4,6,8,12,15,18H,1-2,5,7H2,(H,16,17)/t12-/m0/s1. The number of aliphatic hydroxyl groups is 1. The highest BCUT2D eigenvalue weighted by molar-refractivity contribution is 5.82. The zero-order valence-corrected chi connectivity index (χ0v) is 9.99. The van der Waals surface area contributed by atoms with E-state index in [9.17, 15) is 9.50 Å². The number of H-pyrrole nitrogens is 1. The molecule has 1 heterocycles. The van der Waals surface area contributed by atoms with Gasteiger partial charge in [-0.1, -0.05) is 6.07 Å². The molecule has 1 aliphatic carbocycles. The van der Waals surface area contributed by atoms with Gasteiger partial charge in [0.05, 0.1) is 12.3 Å². The van der Waals surface area contributed by atoms with Crippen LogP contribution in [0.4, 0.5) is 4.39 Å². The van der Waals surface area contributed by atoms with E-state index in [0.29, 0.717) is 23.0 Å². The van der Waals surface area contributed by atoms with E-state index in [1.165, 1.54) is 18.9 Å². The molecule has 0 saturated heterocycles. The first-order chi connectivity index (χ1) is 8.75. The summed E-state index contributed by atoms with van der Waals surface area (Å²) in [5.74, 6) is 0.434. The Labute approximate surface area is 104 Å². The largest absolute Gasteiger partial charge is 0.387 e. The number of aliphatic hydroxyl groups excluding tert-OH is 1. The number of hydrogen-bond donors (Lipinski definition) is 3. The van der Waals surface area contributed by atoms with Gasteiger partial charge >= 0.3 is 0 Å². The highest BCUT2D eigenvalue weighted by Gasteiger charge is 2.21. The second kappa shape index (κ2) is 4.66. The molecule has 0 amide bonds. The van der Waals surface area contributed by atoms with Gasteiger partial charge in [0.25, 0.3) is 0 Å². The molecule has 2 aromatic rings. The summed E-state index contributed by atoms with van der Waals surface area (Å²) >= 11 is 0. The number of fused-ring (bicyclic) bond motifs is 1. The quantitative estimate of drug-likeness (QED) is 0.756. The molecule has 0 aliphatic heterocycles. The van der Waals surface area contributed by atoms with Crippen LogP contribution < -0.4 is 5.32 Å². The van der Waals surface area contributed by atoms with E-state index in [1.807, 2.05) is 0 Å². The fourth-order valence-electron chi connectivity index (χ4n) is 2.17. The van der Waals surface area contributed by atoms with Crippen LogP contribution in [-0.2, 0) is 0 Å². The molecule has 1 saturated carbocycles. The van der Waals surface area contributed by atoms with Crippen LogP contribution in [-0.4, -0.2) is 28.4 Å². The lowest BCUT2D eigenvalue weighted by Gasteiger charge is -2.13. The summed E-state index contributed by atoms with van der Waals surface area (Å²) in [6, 6.07) is 2.98. The van der Waals surface area contributed by atoms with Crippen molar-refractivity contribution < 1.29 is 9.50 Å². The van der Waals surface area contributed by atoms with E-state index >= 15 is 0 Å². The van der Waals surface area contributed by atoms with Crippen molar-refractivity contribution in [2.24, 2.45) is 5.92 Å². The molecule has 1 atom stereocenters. The highest BCUT2D eigenvalue weighted by atomic mass is 19.1. The molecule has 1 aromatic carbocycles. The fraction of sp³-hybridized carbons (Fsp3) is 0.462. The molecular formula is C13H16FN3O. The molecule has 0 radical (unpaired) electrons. The van der Waals surface area contributed by atoms with Crippen molar-refractivity contribution in [1.82, 2.24) is 15.5 Å². The molecule has 4 nitrogen and oxygen atoms in total. The summed E-state index contributed by atoms with van der Waals surface area (Å²) in [7, 11) is 0. The normalized spacial score (nSPS) is 17.2. The van der Waals surface area contributed by atoms with Gasteiger partial charge in [0.2, 0.25) is 0 Å². The number of nitrogens with zero attached hydrogens (tertiary/aromatic N) is 1. The second-order valence-corrected chi connectivity index (χ2v) is 4.91. The maximum absolute atomic E-state index is 13.5. The number of nitrogens with one attached hydrogen (secondary N) is 2. The topological polar surface area (TPSA) is 60.9 Å². The summed E-state index contributed by atoms with van der Waals surface area (Å²) < 4.78 is 13.5. The lowest BCUT2D eigenvalue weighted by atomic mass is 10.0. The Kier molecular flexibility index (Phi) is 3.01. The Morgan fingerprint density at radius 1 is 1.50 bits per heavy atom. The number of benzene rings is 1. The Balaban J connectivity index is 1.75. The molecule has 1 aromatic heterocycles. The molecule has 96 valence electrons. The van der Waals surface area contributed by atoms with Gasteiger partial charge in [-0.15, -0.1) is 0 Å². The number of hydrogen-bond acceptors (Lipinski definition) is 3. The maximum atomic E-state index is 13.5. The van der Waals surface area contributed by atoms with Crippen LogP contribution in [0.3, 0.4) is 0 Å². The number of halogens is 1. The Morgan fingerprint density at radius 2 is 2.33 bits per heavy atom. The van der Waals surface area contributed by atoms with E-state index in [2.05, 4.69) is 15.5 Å². The summed E-state index contributed by atoms with van der Waals surface area (Å²) in [5.41, 5.74) is 1.07. The summed E-state index contributed by atoms with van der Waals surface area (Å²) in [6.45, 7) is 1.44. The minimum Gasteiger partial charge on any atom is -0.387 e. The smallest absolute Gasteiger partial charge is 0.148 e. The molecule has 0 spiro atoms. The molecule has 5 heteroatoms. The fourth-order valence-corrected chi connectivity index (χ4v) is 2.17. The van der Waals surface area contributed by atoms with E-state index in [-0.39, 0.29) is 5.82 Å². The minimum atomic E-state index is -0.635. The third kappa shape index (κ3) is 2.23. The van der Waals surface area contributed by atoms with E-state index in [0.717, 1.165) is 12.5 Å². The van der Waals surface area contributed by atoms with Crippen molar-refractivity contribution >= 4 is 10.9 Å². The second-order valence-electron chi connectivity index (χ2n) is 4.91. The van der Waals surface area contributed by atoms with Crippen LogP contribution in [0.15, 0.2) is 18.3 Å². The predicted molar refractivity (Wildman–Crippen MR) is 66.6 cm³/mol. The molecule has 0 bridgehead atoms. The van der Waals surface area contributed by atoms with Crippen molar-refractivity contribution in [1.29, 1.82) is 0 Å². The molecule has 0 unspecified atom stereocenters. The van der Waals surface area contributed by atoms with E-state index in [4.69, 9.17) is 0 Å². The minimum absolute atomic E-state index is 0.343. The van der Waals surface area contributed by atoms with Crippen LogP contribution in [0.1, 0.15) is 24.5 Å².